The van der Waals surface area contributed by atoms with Gasteiger partial charge in [0.1, 0.15) is 0 Å². The Bertz CT molecular complexity index is 231. The molecule has 1 N–H and O–H groups in total. The van der Waals surface area contributed by atoms with E-state index in [1.54, 1.807) is 0 Å². The smallest absolute Gasteiger partial charge is 0.0725 e. The van der Waals surface area contributed by atoms with Crippen LogP contribution in [0.15, 0.2) is 0 Å². The lowest BCUT2D eigenvalue weighted by Crippen LogP contribution is -2.42. The van der Waals surface area contributed by atoms with Crippen LogP contribution in [-0.2, 0) is 0 Å². The Hall–Kier alpha value is -0.550. The molecule has 0 aromatic heterocycles. The van der Waals surface area contributed by atoms with Gasteiger partial charge in [-0.05, 0) is 32.6 Å². The van der Waals surface area contributed by atoms with Gasteiger partial charge in [0.25, 0.3) is 0 Å². The molecule has 0 spiro atoms. The highest BCUT2D eigenvalue weighted by Crippen LogP contribution is 2.48. The second-order valence-electron chi connectivity index (χ2n) is 4.99. The molecule has 2 aliphatic carbocycles. The molecule has 0 bridgehead atoms. The van der Waals surface area contributed by atoms with Crippen molar-refractivity contribution in [1.29, 1.82) is 5.26 Å². The predicted molar refractivity (Wildman–Crippen MR) is 56.8 cm³/mol. The fourth-order valence-electron chi connectivity index (χ4n) is 2.56. The summed E-state index contributed by atoms with van der Waals surface area (Å²) in [6.45, 7) is 2.19. The van der Waals surface area contributed by atoms with E-state index in [1.807, 2.05) is 0 Å². The van der Waals surface area contributed by atoms with Crippen LogP contribution in [0.4, 0.5) is 0 Å². The summed E-state index contributed by atoms with van der Waals surface area (Å²) in [5, 5.41) is 12.7. The van der Waals surface area contributed by atoms with Crippen molar-refractivity contribution in [2.45, 2.75) is 64.0 Å². The number of rotatable bonds is 3. The molecule has 0 saturated heterocycles. The minimum atomic E-state index is -0.00253. The van der Waals surface area contributed by atoms with Crippen molar-refractivity contribution in [3.05, 3.63) is 0 Å². The summed E-state index contributed by atoms with van der Waals surface area (Å²) < 4.78 is 0. The molecule has 78 valence electrons. The van der Waals surface area contributed by atoms with Crippen LogP contribution in [-0.4, -0.2) is 12.1 Å². The number of hydrogen-bond acceptors (Lipinski definition) is 2. The van der Waals surface area contributed by atoms with Crippen LogP contribution in [0.5, 0.6) is 0 Å². The van der Waals surface area contributed by atoms with Crippen molar-refractivity contribution >= 4 is 0 Å². The van der Waals surface area contributed by atoms with E-state index in [1.165, 1.54) is 32.1 Å². The highest BCUT2D eigenvalue weighted by Gasteiger charge is 2.48. The normalized spacial score (nSPS) is 28.0. The molecular weight excluding hydrogens is 172 g/mol. The molecule has 2 saturated carbocycles. The summed E-state index contributed by atoms with van der Waals surface area (Å²) in [5.41, 5.74) is -0.00253. The van der Waals surface area contributed by atoms with Gasteiger partial charge in [-0.2, -0.15) is 5.26 Å². The third kappa shape index (κ3) is 1.93. The molecule has 0 radical (unpaired) electrons. The fraction of sp³-hybridized carbons (Fsp3) is 0.917. The average molecular weight is 192 g/mol. The number of nitriles is 1. The zero-order valence-corrected chi connectivity index (χ0v) is 9.05. The Labute approximate surface area is 86.7 Å². The van der Waals surface area contributed by atoms with E-state index in [9.17, 15) is 0 Å². The van der Waals surface area contributed by atoms with Crippen LogP contribution in [0.2, 0.25) is 0 Å². The van der Waals surface area contributed by atoms with Gasteiger partial charge >= 0.3 is 0 Å². The maximum absolute atomic E-state index is 9.07. The summed E-state index contributed by atoms with van der Waals surface area (Å²) in [4.78, 5) is 0. The second kappa shape index (κ2) is 3.90. The molecule has 1 atom stereocenters. The first-order valence-electron chi connectivity index (χ1n) is 5.94. The van der Waals surface area contributed by atoms with Gasteiger partial charge in [-0.15, -0.1) is 0 Å². The van der Waals surface area contributed by atoms with Gasteiger partial charge in [-0.3, -0.25) is 0 Å². The van der Waals surface area contributed by atoms with Crippen molar-refractivity contribution in [2.75, 3.05) is 0 Å². The molecule has 1 unspecified atom stereocenters. The van der Waals surface area contributed by atoms with E-state index in [-0.39, 0.29) is 5.41 Å². The molecule has 0 aliphatic heterocycles. The lowest BCUT2D eigenvalue weighted by molar-refractivity contribution is 0.308. The van der Waals surface area contributed by atoms with E-state index in [2.05, 4.69) is 18.3 Å². The summed E-state index contributed by atoms with van der Waals surface area (Å²) in [5.74, 6) is 0. The fourth-order valence-corrected chi connectivity index (χ4v) is 2.56. The molecule has 0 aromatic carbocycles. The van der Waals surface area contributed by atoms with E-state index in [4.69, 9.17) is 5.26 Å². The number of nitrogens with zero attached hydrogens (tertiary/aromatic N) is 1. The molecule has 0 aromatic rings. The Balaban J connectivity index is 1.82. The Morgan fingerprint density at radius 1 is 1.29 bits per heavy atom. The number of nitrogens with one attached hydrogen (secondary N) is 1. The van der Waals surface area contributed by atoms with E-state index in [0.717, 1.165) is 12.8 Å². The monoisotopic (exact) mass is 192 g/mol. The highest BCUT2D eigenvalue weighted by molar-refractivity contribution is 5.15. The SMILES string of the molecule is CC(NC1CCCCC1)C1(C#N)CC1. The maximum atomic E-state index is 9.07. The predicted octanol–water partition coefficient (Wildman–Crippen LogP) is 2.60. The van der Waals surface area contributed by atoms with Gasteiger partial charge in [0.2, 0.25) is 0 Å². The van der Waals surface area contributed by atoms with Gasteiger partial charge in [0.05, 0.1) is 11.5 Å². The Morgan fingerprint density at radius 2 is 1.93 bits per heavy atom. The van der Waals surface area contributed by atoms with Crippen molar-refractivity contribution in [3.63, 3.8) is 0 Å². The minimum Gasteiger partial charge on any atom is -0.310 e. The zero-order valence-electron chi connectivity index (χ0n) is 9.05. The molecule has 2 heteroatoms. The van der Waals surface area contributed by atoms with Gasteiger partial charge in [-0.25, -0.2) is 0 Å². The summed E-state index contributed by atoms with van der Waals surface area (Å²) in [7, 11) is 0. The van der Waals surface area contributed by atoms with Crippen LogP contribution >= 0.6 is 0 Å². The number of hydrogen-bond donors (Lipinski definition) is 1. The largest absolute Gasteiger partial charge is 0.310 e. The molecule has 2 rings (SSSR count). The van der Waals surface area contributed by atoms with E-state index >= 15 is 0 Å². The average Bonchev–Trinajstić information content (AvgIpc) is 3.00. The molecule has 0 amide bonds. The molecular formula is C12H20N2. The summed E-state index contributed by atoms with van der Waals surface area (Å²) in [6.07, 6.45) is 8.95. The zero-order chi connectivity index (χ0) is 10.0. The summed E-state index contributed by atoms with van der Waals surface area (Å²) >= 11 is 0. The molecule has 2 nitrogen and oxygen atoms in total. The second-order valence-corrected chi connectivity index (χ2v) is 4.99. The minimum absolute atomic E-state index is 0.00253. The van der Waals surface area contributed by atoms with Crippen LogP contribution in [0.3, 0.4) is 0 Å². The van der Waals surface area contributed by atoms with E-state index < -0.39 is 0 Å². The third-order valence-corrected chi connectivity index (χ3v) is 3.93. The first kappa shape index (κ1) is 9.98. The van der Waals surface area contributed by atoms with Gasteiger partial charge < -0.3 is 5.32 Å². The van der Waals surface area contributed by atoms with Crippen molar-refractivity contribution < 1.29 is 0 Å². The van der Waals surface area contributed by atoms with Gasteiger partial charge in [0.15, 0.2) is 0 Å². The van der Waals surface area contributed by atoms with Crippen LogP contribution in [0.25, 0.3) is 0 Å². The van der Waals surface area contributed by atoms with Crippen LogP contribution in [0.1, 0.15) is 51.9 Å². The first-order chi connectivity index (χ1) is 6.77. The van der Waals surface area contributed by atoms with Crippen molar-refractivity contribution in [2.24, 2.45) is 5.41 Å². The third-order valence-electron chi connectivity index (χ3n) is 3.93. The first-order valence-corrected chi connectivity index (χ1v) is 5.94. The van der Waals surface area contributed by atoms with Crippen molar-refractivity contribution in [1.82, 2.24) is 5.32 Å². The van der Waals surface area contributed by atoms with Crippen molar-refractivity contribution in [3.8, 4) is 6.07 Å². The molecule has 14 heavy (non-hydrogen) atoms. The maximum Gasteiger partial charge on any atom is 0.0725 e. The topological polar surface area (TPSA) is 35.8 Å². The molecule has 2 fully saturated rings. The van der Waals surface area contributed by atoms with Crippen LogP contribution < -0.4 is 5.32 Å². The highest BCUT2D eigenvalue weighted by atomic mass is 15.0. The Morgan fingerprint density at radius 3 is 2.43 bits per heavy atom. The lowest BCUT2D eigenvalue weighted by Gasteiger charge is -2.28. The van der Waals surface area contributed by atoms with Gasteiger partial charge in [-0.1, -0.05) is 19.3 Å². The standard InChI is InChI=1S/C12H20N2/c1-10(12(9-13)7-8-12)14-11-5-3-2-4-6-11/h10-11,14H,2-8H2,1H3. The lowest BCUT2D eigenvalue weighted by atomic mass is 9.92. The molecule has 0 heterocycles. The van der Waals surface area contributed by atoms with Gasteiger partial charge in [0, 0.05) is 12.1 Å². The van der Waals surface area contributed by atoms with Crippen LogP contribution in [0, 0.1) is 16.7 Å². The molecule has 2 aliphatic rings. The quantitative estimate of drug-likeness (QED) is 0.746. The summed E-state index contributed by atoms with van der Waals surface area (Å²) in [6, 6.07) is 3.56. The van der Waals surface area contributed by atoms with E-state index in [0.29, 0.717) is 12.1 Å². The Kier molecular flexibility index (Phi) is 2.78.